The molecule has 0 atom stereocenters. The maximum atomic E-state index is 11.5. The van der Waals surface area contributed by atoms with Crippen LogP contribution in [0.15, 0.2) is 0 Å². The van der Waals surface area contributed by atoms with E-state index in [0.717, 1.165) is 19.3 Å². The quantitative estimate of drug-likeness (QED) is 0.138. The normalized spacial score (nSPS) is 11.0. The van der Waals surface area contributed by atoms with Gasteiger partial charge in [-0.3, -0.25) is 4.79 Å². The Kier molecular flexibility index (Phi) is 23.0. The van der Waals surface area contributed by atoms with E-state index in [9.17, 15) is 4.79 Å². The molecule has 27 heavy (non-hydrogen) atoms. The highest BCUT2D eigenvalue weighted by molar-refractivity contribution is 5.69. The standard InChI is InChI=1S/C25H50O2/c1-3-5-7-9-10-11-12-13-14-15-16-17-18-19-20-22-24-27-25(26)23-21-8-6-4-2/h3-24H2,1-2H3. The summed E-state index contributed by atoms with van der Waals surface area (Å²) in [5.41, 5.74) is 0. The van der Waals surface area contributed by atoms with Gasteiger partial charge >= 0.3 is 5.97 Å². The highest BCUT2D eigenvalue weighted by Crippen LogP contribution is 2.13. The van der Waals surface area contributed by atoms with Crippen LogP contribution in [-0.4, -0.2) is 12.6 Å². The zero-order valence-corrected chi connectivity index (χ0v) is 18.9. The highest BCUT2D eigenvalue weighted by Gasteiger charge is 2.02. The van der Waals surface area contributed by atoms with E-state index < -0.39 is 0 Å². The molecule has 2 heteroatoms. The molecule has 0 saturated heterocycles. The van der Waals surface area contributed by atoms with Crippen LogP contribution in [0.5, 0.6) is 0 Å². The Hall–Kier alpha value is -0.530. The molecular weight excluding hydrogens is 332 g/mol. The van der Waals surface area contributed by atoms with Crippen LogP contribution in [-0.2, 0) is 9.53 Å². The topological polar surface area (TPSA) is 26.3 Å². The first-order chi connectivity index (χ1) is 13.3. The van der Waals surface area contributed by atoms with Crippen molar-refractivity contribution in [1.82, 2.24) is 0 Å². The summed E-state index contributed by atoms with van der Waals surface area (Å²) in [6.45, 7) is 5.11. The number of unbranched alkanes of at least 4 members (excludes halogenated alkanes) is 18. The lowest BCUT2D eigenvalue weighted by Crippen LogP contribution is -2.05. The van der Waals surface area contributed by atoms with Gasteiger partial charge in [0.1, 0.15) is 0 Å². The molecule has 0 aliphatic carbocycles. The maximum Gasteiger partial charge on any atom is 0.305 e. The molecule has 0 aromatic carbocycles. The third-order valence-corrected chi connectivity index (χ3v) is 5.50. The molecule has 2 nitrogen and oxygen atoms in total. The van der Waals surface area contributed by atoms with Crippen molar-refractivity contribution in [2.75, 3.05) is 6.61 Å². The number of carbonyl (C=O) groups excluding carboxylic acids is 1. The Morgan fingerprint density at radius 3 is 1.22 bits per heavy atom. The molecule has 0 heterocycles. The minimum absolute atomic E-state index is 0.00654. The molecule has 0 amide bonds. The van der Waals surface area contributed by atoms with Crippen LogP contribution in [0.4, 0.5) is 0 Å². The molecule has 0 saturated carbocycles. The van der Waals surface area contributed by atoms with Crippen LogP contribution >= 0.6 is 0 Å². The Bertz CT molecular complexity index is 288. The van der Waals surface area contributed by atoms with Crippen molar-refractivity contribution in [1.29, 1.82) is 0 Å². The van der Waals surface area contributed by atoms with E-state index in [1.807, 2.05) is 0 Å². The van der Waals surface area contributed by atoms with Gasteiger partial charge in [-0.2, -0.15) is 0 Å². The smallest absolute Gasteiger partial charge is 0.305 e. The van der Waals surface area contributed by atoms with Crippen molar-refractivity contribution in [3.8, 4) is 0 Å². The highest BCUT2D eigenvalue weighted by atomic mass is 16.5. The van der Waals surface area contributed by atoms with Gasteiger partial charge in [-0.05, 0) is 12.8 Å². The maximum absolute atomic E-state index is 11.5. The lowest BCUT2D eigenvalue weighted by molar-refractivity contribution is -0.143. The molecule has 0 fully saturated rings. The van der Waals surface area contributed by atoms with E-state index in [4.69, 9.17) is 4.74 Å². The second-order valence-corrected chi connectivity index (χ2v) is 8.33. The van der Waals surface area contributed by atoms with E-state index in [-0.39, 0.29) is 5.97 Å². The molecule has 162 valence electrons. The Morgan fingerprint density at radius 1 is 0.481 bits per heavy atom. The molecule has 0 aromatic heterocycles. The van der Waals surface area contributed by atoms with Crippen LogP contribution in [0.1, 0.15) is 149 Å². The minimum atomic E-state index is 0.00654. The first kappa shape index (κ1) is 26.5. The van der Waals surface area contributed by atoms with E-state index >= 15 is 0 Å². The lowest BCUT2D eigenvalue weighted by Gasteiger charge is -2.05. The zero-order valence-electron chi connectivity index (χ0n) is 18.9. The van der Waals surface area contributed by atoms with Crippen molar-refractivity contribution < 1.29 is 9.53 Å². The number of hydrogen-bond donors (Lipinski definition) is 0. The number of hydrogen-bond acceptors (Lipinski definition) is 2. The van der Waals surface area contributed by atoms with Gasteiger partial charge in [-0.1, -0.05) is 129 Å². The number of carbonyl (C=O) groups is 1. The summed E-state index contributed by atoms with van der Waals surface area (Å²) in [5, 5.41) is 0. The Morgan fingerprint density at radius 2 is 0.815 bits per heavy atom. The summed E-state index contributed by atoms with van der Waals surface area (Å²) < 4.78 is 5.30. The van der Waals surface area contributed by atoms with Gasteiger partial charge in [0.2, 0.25) is 0 Å². The summed E-state index contributed by atoms with van der Waals surface area (Å²) in [5.74, 6) is 0.00654. The first-order valence-electron chi connectivity index (χ1n) is 12.5. The minimum Gasteiger partial charge on any atom is -0.466 e. The van der Waals surface area contributed by atoms with Gasteiger partial charge in [0.25, 0.3) is 0 Å². The van der Waals surface area contributed by atoms with Crippen LogP contribution in [0.25, 0.3) is 0 Å². The second-order valence-electron chi connectivity index (χ2n) is 8.33. The van der Waals surface area contributed by atoms with Gasteiger partial charge in [0.05, 0.1) is 6.61 Å². The molecule has 0 radical (unpaired) electrons. The van der Waals surface area contributed by atoms with Crippen molar-refractivity contribution in [3.63, 3.8) is 0 Å². The third-order valence-electron chi connectivity index (χ3n) is 5.50. The van der Waals surface area contributed by atoms with E-state index in [1.54, 1.807) is 0 Å². The average molecular weight is 383 g/mol. The molecule has 0 aromatic rings. The molecule has 0 N–H and O–H groups in total. The predicted molar refractivity (Wildman–Crippen MR) is 119 cm³/mol. The Labute approximate surface area is 171 Å². The summed E-state index contributed by atoms with van der Waals surface area (Å²) >= 11 is 0. The zero-order chi connectivity index (χ0) is 19.8. The van der Waals surface area contributed by atoms with Gasteiger partial charge in [-0.25, -0.2) is 0 Å². The van der Waals surface area contributed by atoms with Crippen LogP contribution in [0.3, 0.4) is 0 Å². The fraction of sp³-hybridized carbons (Fsp3) is 0.960. The molecule has 0 aliphatic rings. The predicted octanol–water partition coefficient (Wildman–Crippen LogP) is 8.76. The van der Waals surface area contributed by atoms with Gasteiger partial charge in [0.15, 0.2) is 0 Å². The first-order valence-corrected chi connectivity index (χ1v) is 12.5. The molecular formula is C25H50O2. The molecule has 0 aliphatic heterocycles. The number of rotatable bonds is 22. The average Bonchev–Trinajstić information content (AvgIpc) is 2.67. The number of ether oxygens (including phenoxy) is 1. The van der Waals surface area contributed by atoms with Gasteiger partial charge in [-0.15, -0.1) is 0 Å². The van der Waals surface area contributed by atoms with E-state index in [0.29, 0.717) is 13.0 Å². The van der Waals surface area contributed by atoms with E-state index in [1.165, 1.54) is 109 Å². The van der Waals surface area contributed by atoms with Crippen molar-refractivity contribution in [3.05, 3.63) is 0 Å². The SMILES string of the molecule is CCCCCCCCCCCCCCCCCCOC(=O)CCCCCC. The van der Waals surface area contributed by atoms with Crippen molar-refractivity contribution >= 4 is 5.97 Å². The van der Waals surface area contributed by atoms with Crippen molar-refractivity contribution in [2.45, 2.75) is 149 Å². The summed E-state index contributed by atoms with van der Waals surface area (Å²) in [6, 6.07) is 0. The van der Waals surface area contributed by atoms with E-state index in [2.05, 4.69) is 13.8 Å². The van der Waals surface area contributed by atoms with Crippen LogP contribution < -0.4 is 0 Å². The summed E-state index contributed by atoms with van der Waals surface area (Å²) in [7, 11) is 0. The molecule has 0 unspecified atom stereocenters. The van der Waals surface area contributed by atoms with Crippen LogP contribution in [0, 0.1) is 0 Å². The monoisotopic (exact) mass is 382 g/mol. The Balaban J connectivity index is 3.07. The van der Waals surface area contributed by atoms with Gasteiger partial charge in [0, 0.05) is 6.42 Å². The fourth-order valence-corrected chi connectivity index (χ4v) is 3.60. The fourth-order valence-electron chi connectivity index (χ4n) is 3.60. The van der Waals surface area contributed by atoms with Gasteiger partial charge < -0.3 is 4.74 Å². The molecule has 0 bridgehead atoms. The van der Waals surface area contributed by atoms with Crippen molar-refractivity contribution in [2.24, 2.45) is 0 Å². The molecule has 0 rings (SSSR count). The summed E-state index contributed by atoms with van der Waals surface area (Å²) in [4.78, 5) is 11.5. The largest absolute Gasteiger partial charge is 0.466 e. The van der Waals surface area contributed by atoms with Crippen LogP contribution in [0.2, 0.25) is 0 Å². The third kappa shape index (κ3) is 23.4. The second kappa shape index (κ2) is 23.5. The summed E-state index contributed by atoms with van der Waals surface area (Å²) in [6.07, 6.45) is 27.2. The molecule has 0 spiro atoms. The lowest BCUT2D eigenvalue weighted by atomic mass is 10.0. The number of esters is 1.